The van der Waals surface area contributed by atoms with Crippen LogP contribution in [0, 0.1) is 0 Å². The van der Waals surface area contributed by atoms with E-state index in [2.05, 4.69) is 5.32 Å². The number of benzene rings is 4. The summed E-state index contributed by atoms with van der Waals surface area (Å²) < 4.78 is 11.8. The molecule has 170 valence electrons. The molecule has 0 aromatic heterocycles. The zero-order chi connectivity index (χ0) is 23.3. The van der Waals surface area contributed by atoms with E-state index in [-0.39, 0.29) is 12.1 Å². The van der Waals surface area contributed by atoms with Gasteiger partial charge in [-0.1, -0.05) is 54.1 Å². The maximum Gasteiger partial charge on any atom is 0.322 e. The molecule has 1 unspecified atom stereocenters. The summed E-state index contributed by atoms with van der Waals surface area (Å²) in [5, 5.41) is 3.73. The van der Waals surface area contributed by atoms with E-state index >= 15 is 0 Å². The van der Waals surface area contributed by atoms with Gasteiger partial charge in [0.25, 0.3) is 0 Å². The molecule has 1 atom stereocenters. The van der Waals surface area contributed by atoms with Crippen LogP contribution in [0.3, 0.4) is 0 Å². The highest BCUT2D eigenvalue weighted by Crippen LogP contribution is 2.30. The van der Waals surface area contributed by atoms with Crippen LogP contribution in [0.2, 0.25) is 5.02 Å². The van der Waals surface area contributed by atoms with Crippen LogP contribution < -0.4 is 19.7 Å². The molecule has 5 nitrogen and oxygen atoms in total. The molecular formula is C28H23ClN2O3. The van der Waals surface area contributed by atoms with Gasteiger partial charge < -0.3 is 14.8 Å². The molecule has 0 bridgehead atoms. The van der Waals surface area contributed by atoms with Crippen molar-refractivity contribution in [3.8, 4) is 17.2 Å². The van der Waals surface area contributed by atoms with Crippen LogP contribution in [0.15, 0.2) is 103 Å². The van der Waals surface area contributed by atoms with E-state index in [9.17, 15) is 4.79 Å². The van der Waals surface area contributed by atoms with Gasteiger partial charge in [-0.3, -0.25) is 4.90 Å². The summed E-state index contributed by atoms with van der Waals surface area (Å²) in [4.78, 5) is 14.4. The fraction of sp³-hybridized carbons (Fsp3) is 0.107. The maximum atomic E-state index is 12.7. The summed E-state index contributed by atoms with van der Waals surface area (Å²) in [5.74, 6) is 2.16. The molecule has 2 amide bonds. The fourth-order valence-corrected chi connectivity index (χ4v) is 3.97. The predicted molar refractivity (Wildman–Crippen MR) is 134 cm³/mol. The number of amides is 2. The molecule has 1 aliphatic rings. The second-order valence-corrected chi connectivity index (χ2v) is 8.45. The third-order valence-electron chi connectivity index (χ3n) is 5.61. The van der Waals surface area contributed by atoms with Gasteiger partial charge >= 0.3 is 6.03 Å². The van der Waals surface area contributed by atoms with Gasteiger partial charge in [0.15, 0.2) is 0 Å². The number of halogens is 1. The topological polar surface area (TPSA) is 50.8 Å². The van der Waals surface area contributed by atoms with E-state index in [1.807, 2.05) is 91.0 Å². The van der Waals surface area contributed by atoms with Crippen LogP contribution in [-0.2, 0) is 6.61 Å². The standard InChI is InChI=1S/C28H23ClN2O3/c29-22-9-13-24(14-10-22)34-25-15-11-23(12-16-25)31-18-27(30-28(31)32)21-7-4-8-26(17-21)33-19-20-5-2-1-3-6-20/h1-17,27H,18-19H2,(H,30,32). The van der Waals surface area contributed by atoms with E-state index in [1.54, 1.807) is 17.0 Å². The van der Waals surface area contributed by atoms with Gasteiger partial charge in [0, 0.05) is 10.7 Å². The summed E-state index contributed by atoms with van der Waals surface area (Å²) in [6.45, 7) is 1.02. The number of hydrogen-bond donors (Lipinski definition) is 1. The van der Waals surface area contributed by atoms with Crippen molar-refractivity contribution < 1.29 is 14.3 Å². The van der Waals surface area contributed by atoms with Crippen molar-refractivity contribution in [2.75, 3.05) is 11.4 Å². The average Bonchev–Trinajstić information content (AvgIpc) is 3.27. The van der Waals surface area contributed by atoms with Crippen LogP contribution in [0.4, 0.5) is 10.5 Å². The van der Waals surface area contributed by atoms with Crippen LogP contribution in [0.5, 0.6) is 17.2 Å². The highest BCUT2D eigenvalue weighted by Gasteiger charge is 2.31. The Bertz CT molecular complexity index is 1260. The van der Waals surface area contributed by atoms with Gasteiger partial charge in [0.1, 0.15) is 23.9 Å². The maximum absolute atomic E-state index is 12.7. The van der Waals surface area contributed by atoms with E-state index in [0.717, 1.165) is 22.6 Å². The Morgan fingerprint density at radius 3 is 2.26 bits per heavy atom. The second-order valence-electron chi connectivity index (χ2n) is 8.01. The number of hydrogen-bond acceptors (Lipinski definition) is 3. The van der Waals surface area contributed by atoms with Crippen molar-refractivity contribution in [3.63, 3.8) is 0 Å². The molecule has 1 heterocycles. The van der Waals surface area contributed by atoms with E-state index in [1.165, 1.54) is 0 Å². The number of urea groups is 1. The quantitative estimate of drug-likeness (QED) is 0.317. The van der Waals surface area contributed by atoms with E-state index in [4.69, 9.17) is 21.1 Å². The first-order valence-corrected chi connectivity index (χ1v) is 11.4. The highest BCUT2D eigenvalue weighted by atomic mass is 35.5. The van der Waals surface area contributed by atoms with E-state index < -0.39 is 0 Å². The third-order valence-corrected chi connectivity index (χ3v) is 5.87. The van der Waals surface area contributed by atoms with Gasteiger partial charge in [-0.25, -0.2) is 4.79 Å². The minimum absolute atomic E-state index is 0.127. The Morgan fingerprint density at radius 1 is 0.824 bits per heavy atom. The normalized spacial score (nSPS) is 15.1. The lowest BCUT2D eigenvalue weighted by Gasteiger charge is -2.16. The van der Waals surface area contributed by atoms with Gasteiger partial charge in [0.05, 0.1) is 12.6 Å². The third kappa shape index (κ3) is 5.16. The first-order chi connectivity index (χ1) is 16.6. The molecule has 6 heteroatoms. The Labute approximate surface area is 203 Å². The molecule has 0 saturated carbocycles. The van der Waals surface area contributed by atoms with Gasteiger partial charge in [-0.2, -0.15) is 0 Å². The van der Waals surface area contributed by atoms with E-state index in [0.29, 0.717) is 29.7 Å². The molecule has 0 radical (unpaired) electrons. The van der Waals surface area contributed by atoms with Gasteiger partial charge in [0.2, 0.25) is 0 Å². The average molecular weight is 471 g/mol. The Hall–Kier alpha value is -3.96. The number of anilines is 1. The summed E-state index contributed by atoms with van der Waals surface area (Å²) >= 11 is 5.92. The van der Waals surface area contributed by atoms with Crippen molar-refractivity contribution >= 4 is 23.3 Å². The molecule has 4 aromatic rings. The largest absolute Gasteiger partial charge is 0.489 e. The number of carbonyl (C=O) groups excluding carboxylic acids is 1. The lowest BCUT2D eigenvalue weighted by atomic mass is 10.1. The zero-order valence-electron chi connectivity index (χ0n) is 18.4. The minimum Gasteiger partial charge on any atom is -0.489 e. The summed E-state index contributed by atoms with van der Waals surface area (Å²) in [5.41, 5.74) is 2.92. The Morgan fingerprint density at radius 2 is 1.53 bits per heavy atom. The van der Waals surface area contributed by atoms with Crippen molar-refractivity contribution in [1.82, 2.24) is 5.32 Å². The van der Waals surface area contributed by atoms with Gasteiger partial charge in [-0.15, -0.1) is 0 Å². The molecule has 0 spiro atoms. The molecule has 0 aliphatic carbocycles. The minimum atomic E-state index is -0.132. The summed E-state index contributed by atoms with van der Waals surface area (Å²) in [6, 6.07) is 32.3. The lowest BCUT2D eigenvalue weighted by molar-refractivity contribution is 0.251. The van der Waals surface area contributed by atoms with Crippen molar-refractivity contribution in [2.24, 2.45) is 0 Å². The molecule has 1 N–H and O–H groups in total. The fourth-order valence-electron chi connectivity index (χ4n) is 3.84. The van der Waals surface area contributed by atoms with Crippen LogP contribution in [-0.4, -0.2) is 12.6 Å². The molecule has 34 heavy (non-hydrogen) atoms. The van der Waals surface area contributed by atoms with Crippen LogP contribution >= 0.6 is 11.6 Å². The summed E-state index contributed by atoms with van der Waals surface area (Å²) in [7, 11) is 0. The Kier molecular flexibility index (Phi) is 6.36. The molecule has 5 rings (SSSR count). The SMILES string of the molecule is O=C1NC(c2cccc(OCc3ccccc3)c2)CN1c1ccc(Oc2ccc(Cl)cc2)cc1. The monoisotopic (exact) mass is 470 g/mol. The smallest absolute Gasteiger partial charge is 0.322 e. The predicted octanol–water partition coefficient (Wildman–Crippen LogP) is 6.98. The van der Waals surface area contributed by atoms with Crippen molar-refractivity contribution in [1.29, 1.82) is 0 Å². The number of nitrogens with one attached hydrogen (secondary N) is 1. The molecule has 4 aromatic carbocycles. The highest BCUT2D eigenvalue weighted by molar-refractivity contribution is 6.30. The lowest BCUT2D eigenvalue weighted by Crippen LogP contribution is -2.27. The number of nitrogens with zero attached hydrogens (tertiary/aromatic N) is 1. The molecular weight excluding hydrogens is 448 g/mol. The molecule has 1 aliphatic heterocycles. The first-order valence-electron chi connectivity index (χ1n) is 11.0. The second kappa shape index (κ2) is 9.89. The first kappa shape index (κ1) is 21.9. The van der Waals surface area contributed by atoms with Crippen molar-refractivity contribution in [2.45, 2.75) is 12.6 Å². The van der Waals surface area contributed by atoms with Crippen LogP contribution in [0.1, 0.15) is 17.2 Å². The number of ether oxygens (including phenoxy) is 2. The van der Waals surface area contributed by atoms with Crippen molar-refractivity contribution in [3.05, 3.63) is 119 Å². The Balaban J connectivity index is 1.23. The van der Waals surface area contributed by atoms with Gasteiger partial charge in [-0.05, 0) is 71.8 Å². The number of carbonyl (C=O) groups is 1. The molecule has 1 fully saturated rings. The number of rotatable bonds is 7. The zero-order valence-corrected chi connectivity index (χ0v) is 19.1. The summed E-state index contributed by atoms with van der Waals surface area (Å²) in [6.07, 6.45) is 0. The van der Waals surface area contributed by atoms with Crippen LogP contribution in [0.25, 0.3) is 0 Å². The molecule has 1 saturated heterocycles.